The summed E-state index contributed by atoms with van der Waals surface area (Å²) in [7, 11) is 0. The topological polar surface area (TPSA) is 100 Å². The summed E-state index contributed by atoms with van der Waals surface area (Å²) in [6.45, 7) is 2.00. The van der Waals surface area contributed by atoms with Crippen LogP contribution in [0.25, 0.3) is 0 Å². The van der Waals surface area contributed by atoms with E-state index in [1.807, 2.05) is 31.2 Å². The van der Waals surface area contributed by atoms with Crippen LogP contribution in [0.5, 0.6) is 0 Å². The maximum absolute atomic E-state index is 11.7. The zero-order valence-electron chi connectivity index (χ0n) is 11.4. The second-order valence-corrected chi connectivity index (χ2v) is 4.77. The number of carboxylic acids is 1. The second-order valence-electron chi connectivity index (χ2n) is 4.77. The third-order valence-electron chi connectivity index (χ3n) is 2.99. The van der Waals surface area contributed by atoms with Crippen molar-refractivity contribution in [1.82, 2.24) is 10.2 Å². The normalized spacial score (nSPS) is 10.3. The first-order valence-electron chi connectivity index (χ1n) is 6.35. The predicted molar refractivity (Wildman–Crippen MR) is 74.2 cm³/mol. The first kappa shape index (κ1) is 14.6. The van der Waals surface area contributed by atoms with E-state index in [0.717, 1.165) is 16.8 Å². The van der Waals surface area contributed by atoms with Gasteiger partial charge in [0.25, 0.3) is 0 Å². The summed E-state index contributed by atoms with van der Waals surface area (Å²) in [6.07, 6.45) is -0.0996. The molecule has 0 saturated carbocycles. The number of ketones is 2. The van der Waals surface area contributed by atoms with Gasteiger partial charge in [0.15, 0.2) is 5.78 Å². The number of aromatic nitrogens is 2. The molecule has 6 heteroatoms. The number of H-pyrrole nitrogens is 1. The van der Waals surface area contributed by atoms with Gasteiger partial charge in [0.2, 0.25) is 5.78 Å². The number of carbonyl (C=O) groups excluding carboxylic acids is 2. The van der Waals surface area contributed by atoms with Gasteiger partial charge >= 0.3 is 5.97 Å². The molecule has 2 rings (SSSR count). The molecule has 1 aromatic carbocycles. The molecule has 6 nitrogen and oxygen atoms in total. The molecule has 0 fully saturated rings. The lowest BCUT2D eigenvalue weighted by molar-refractivity contribution is -0.148. The first-order valence-corrected chi connectivity index (χ1v) is 6.35. The minimum absolute atomic E-state index is 0.0757. The lowest BCUT2D eigenvalue weighted by Crippen LogP contribution is -2.17. The predicted octanol–water partition coefficient (Wildman–Crippen LogP) is 1.54. The summed E-state index contributed by atoms with van der Waals surface area (Å²) >= 11 is 0. The molecule has 0 saturated heterocycles. The summed E-state index contributed by atoms with van der Waals surface area (Å²) in [5.41, 5.74) is 3.02. The van der Waals surface area contributed by atoms with E-state index < -0.39 is 24.0 Å². The van der Waals surface area contributed by atoms with Crippen LogP contribution >= 0.6 is 0 Å². The van der Waals surface area contributed by atoms with Crippen LogP contribution in [-0.4, -0.2) is 32.8 Å². The van der Waals surface area contributed by atoms with Crippen molar-refractivity contribution in [3.05, 3.63) is 52.8 Å². The van der Waals surface area contributed by atoms with E-state index in [9.17, 15) is 14.4 Å². The van der Waals surface area contributed by atoms with Crippen molar-refractivity contribution in [3.63, 3.8) is 0 Å². The summed E-state index contributed by atoms with van der Waals surface area (Å²) < 4.78 is 0. The molecule has 1 heterocycles. The highest BCUT2D eigenvalue weighted by atomic mass is 16.4. The zero-order valence-corrected chi connectivity index (χ0v) is 11.4. The van der Waals surface area contributed by atoms with Gasteiger partial charge in [0, 0.05) is 12.1 Å². The lowest BCUT2D eigenvalue weighted by Gasteiger charge is -1.98. The Labute approximate surface area is 120 Å². The largest absolute Gasteiger partial charge is 0.475 e. The molecule has 108 valence electrons. The van der Waals surface area contributed by atoms with Gasteiger partial charge < -0.3 is 5.11 Å². The standard InChI is InChI=1S/C15H14N2O4/c1-9-2-4-10(5-3-9)6-11-7-12(17-16-11)13(18)8-14(19)15(20)21/h2-5,7H,6,8H2,1H3,(H,16,17)(H,20,21). The van der Waals surface area contributed by atoms with E-state index in [-0.39, 0.29) is 5.69 Å². The fourth-order valence-electron chi connectivity index (χ4n) is 1.83. The molecular weight excluding hydrogens is 272 g/mol. The molecule has 2 aromatic rings. The van der Waals surface area contributed by atoms with Gasteiger partial charge in [0.1, 0.15) is 5.69 Å². The van der Waals surface area contributed by atoms with Gasteiger partial charge in [-0.1, -0.05) is 29.8 Å². The molecule has 0 aliphatic carbocycles. The summed E-state index contributed by atoms with van der Waals surface area (Å²) in [4.78, 5) is 33.1. The maximum atomic E-state index is 11.7. The number of aliphatic carboxylic acids is 1. The molecule has 0 atom stereocenters. The van der Waals surface area contributed by atoms with E-state index in [0.29, 0.717) is 6.42 Å². The summed E-state index contributed by atoms with van der Waals surface area (Å²) in [6, 6.07) is 9.47. The highest BCUT2D eigenvalue weighted by molar-refractivity contribution is 6.37. The van der Waals surface area contributed by atoms with Gasteiger partial charge in [-0.15, -0.1) is 0 Å². The minimum atomic E-state index is -1.61. The fourth-order valence-corrected chi connectivity index (χ4v) is 1.83. The molecule has 2 N–H and O–H groups in total. The summed E-state index contributed by atoms with van der Waals surface area (Å²) in [5, 5.41) is 15.0. The number of aryl methyl sites for hydroxylation is 1. The molecule has 0 aliphatic heterocycles. The molecule has 0 amide bonds. The molecule has 0 spiro atoms. The van der Waals surface area contributed by atoms with Gasteiger partial charge in [-0.05, 0) is 18.6 Å². The first-order chi connectivity index (χ1) is 9.95. The number of carbonyl (C=O) groups is 3. The van der Waals surface area contributed by atoms with Gasteiger partial charge in [-0.2, -0.15) is 5.10 Å². The van der Waals surface area contributed by atoms with Crippen LogP contribution in [0.15, 0.2) is 30.3 Å². The van der Waals surface area contributed by atoms with Crippen LogP contribution in [0.1, 0.15) is 33.7 Å². The van der Waals surface area contributed by atoms with Crippen molar-refractivity contribution < 1.29 is 19.5 Å². The van der Waals surface area contributed by atoms with Crippen LogP contribution in [-0.2, 0) is 16.0 Å². The Bertz CT molecular complexity index is 686. The van der Waals surface area contributed by atoms with Crippen molar-refractivity contribution in [1.29, 1.82) is 0 Å². The number of carboxylic acid groups (broad SMARTS) is 1. The fraction of sp³-hybridized carbons (Fsp3) is 0.200. The highest BCUT2D eigenvalue weighted by Gasteiger charge is 2.19. The number of nitrogens with one attached hydrogen (secondary N) is 1. The number of hydrogen-bond acceptors (Lipinski definition) is 4. The molecule has 0 unspecified atom stereocenters. The van der Waals surface area contributed by atoms with Crippen LogP contribution in [0.3, 0.4) is 0 Å². The van der Waals surface area contributed by atoms with Gasteiger partial charge in [-0.3, -0.25) is 14.7 Å². The van der Waals surface area contributed by atoms with Crippen molar-refractivity contribution in [2.75, 3.05) is 0 Å². The van der Waals surface area contributed by atoms with Crippen molar-refractivity contribution in [2.45, 2.75) is 19.8 Å². The number of rotatable bonds is 6. The Morgan fingerprint density at radius 2 is 1.86 bits per heavy atom. The molecule has 1 aromatic heterocycles. The number of aromatic amines is 1. The Morgan fingerprint density at radius 1 is 1.19 bits per heavy atom. The Balaban J connectivity index is 2.04. The number of hydrogen-bond donors (Lipinski definition) is 2. The van der Waals surface area contributed by atoms with E-state index in [2.05, 4.69) is 10.2 Å². The van der Waals surface area contributed by atoms with Crippen LogP contribution in [0, 0.1) is 6.92 Å². The third-order valence-corrected chi connectivity index (χ3v) is 2.99. The van der Waals surface area contributed by atoms with Crippen molar-refractivity contribution in [3.8, 4) is 0 Å². The molecule has 0 radical (unpaired) electrons. The lowest BCUT2D eigenvalue weighted by atomic mass is 10.1. The van der Waals surface area contributed by atoms with Crippen LogP contribution in [0.2, 0.25) is 0 Å². The summed E-state index contributed by atoms with van der Waals surface area (Å²) in [5.74, 6) is -3.35. The molecular formula is C15H14N2O4. The zero-order chi connectivity index (χ0) is 15.4. The van der Waals surface area contributed by atoms with Gasteiger partial charge in [0.05, 0.1) is 6.42 Å². The smallest absolute Gasteiger partial charge is 0.372 e. The van der Waals surface area contributed by atoms with E-state index in [1.165, 1.54) is 6.07 Å². The maximum Gasteiger partial charge on any atom is 0.372 e. The number of nitrogens with zero attached hydrogens (tertiary/aromatic N) is 1. The highest BCUT2D eigenvalue weighted by Crippen LogP contribution is 2.11. The Hall–Kier alpha value is -2.76. The number of Topliss-reactive ketones (excluding diaryl/α,β-unsaturated/α-hetero) is 2. The number of benzene rings is 1. The second kappa shape index (κ2) is 6.13. The van der Waals surface area contributed by atoms with Crippen molar-refractivity contribution in [2.24, 2.45) is 0 Å². The average Bonchev–Trinajstić information content (AvgIpc) is 2.90. The van der Waals surface area contributed by atoms with Crippen LogP contribution < -0.4 is 0 Å². The quantitative estimate of drug-likeness (QED) is 0.476. The Kier molecular flexibility index (Phi) is 4.27. The SMILES string of the molecule is Cc1ccc(Cc2cc(C(=O)CC(=O)C(=O)O)n[nH]2)cc1. The van der Waals surface area contributed by atoms with E-state index >= 15 is 0 Å². The van der Waals surface area contributed by atoms with Gasteiger partial charge in [-0.25, -0.2) is 4.79 Å². The average molecular weight is 286 g/mol. The molecule has 0 bridgehead atoms. The monoisotopic (exact) mass is 286 g/mol. The van der Waals surface area contributed by atoms with Crippen molar-refractivity contribution >= 4 is 17.5 Å². The third kappa shape index (κ3) is 3.85. The molecule has 0 aliphatic rings. The molecule has 21 heavy (non-hydrogen) atoms. The Morgan fingerprint density at radius 3 is 2.48 bits per heavy atom. The van der Waals surface area contributed by atoms with Crippen LogP contribution in [0.4, 0.5) is 0 Å². The van der Waals surface area contributed by atoms with E-state index in [4.69, 9.17) is 5.11 Å². The van der Waals surface area contributed by atoms with E-state index in [1.54, 1.807) is 0 Å². The minimum Gasteiger partial charge on any atom is -0.475 e.